The van der Waals surface area contributed by atoms with E-state index in [2.05, 4.69) is 41.9 Å². The molecule has 8 nitrogen and oxygen atoms in total. The number of rotatable bonds is 5. The van der Waals surface area contributed by atoms with Crippen LogP contribution in [0.2, 0.25) is 0 Å². The third-order valence-corrected chi connectivity index (χ3v) is 18.7. The standard InChI is InChI=1S/C43H61N3O5S2/c1-4-41(15-5-6-16-41)22-31-30-11-10-28-29-13-19-43(35(28)34(30)39(48)50-31)32-12-9-25(2)38(45-23-26(3)47)53-52-24-46-33-21-27(14-20-44-33)42(17-7-8-18-42)36(29)37(43)40(49)51-32/h12,22,25-29,33,35,38,44-47H,4-11,13-21,23-24H2,1-3H3/p+2/t25-,26+,27?,28+,29-,33?,35+,38-,43-/m1/s1. The van der Waals surface area contributed by atoms with Gasteiger partial charge in [0, 0.05) is 35.8 Å². The van der Waals surface area contributed by atoms with E-state index in [1.165, 1.54) is 63.4 Å². The van der Waals surface area contributed by atoms with Crippen LogP contribution in [0.4, 0.5) is 0 Å². The number of piperidine rings is 1. The van der Waals surface area contributed by atoms with Crippen molar-refractivity contribution in [2.24, 2.45) is 45.8 Å². The number of hydrogen-bond donors (Lipinski definition) is 4. The summed E-state index contributed by atoms with van der Waals surface area (Å²) in [7, 11) is 3.80. The van der Waals surface area contributed by atoms with E-state index in [-0.39, 0.29) is 46.1 Å². The van der Waals surface area contributed by atoms with Crippen LogP contribution >= 0.6 is 21.6 Å². The Balaban J connectivity index is 1.21. The minimum absolute atomic E-state index is 0.0263. The van der Waals surface area contributed by atoms with Crippen LogP contribution in [0.3, 0.4) is 0 Å². The van der Waals surface area contributed by atoms with E-state index < -0.39 is 5.41 Å². The Labute approximate surface area is 324 Å². The van der Waals surface area contributed by atoms with Gasteiger partial charge in [-0.2, -0.15) is 0 Å². The fourth-order valence-corrected chi connectivity index (χ4v) is 16.1. The fraction of sp³-hybridized carbons (Fsp3) is 0.767. The van der Waals surface area contributed by atoms with Crippen LogP contribution in [0.5, 0.6) is 0 Å². The highest BCUT2D eigenvalue weighted by molar-refractivity contribution is 8.76. The molecule has 6 N–H and O–H groups in total. The van der Waals surface area contributed by atoms with Gasteiger partial charge in [-0.15, -0.1) is 0 Å². The molecule has 4 aliphatic heterocycles. The average molecular weight is 766 g/mol. The molecule has 2 unspecified atom stereocenters. The summed E-state index contributed by atoms with van der Waals surface area (Å²) in [6, 6.07) is 0. The predicted octanol–water partition coefficient (Wildman–Crippen LogP) is 5.97. The highest BCUT2D eigenvalue weighted by Crippen LogP contribution is 2.74. The zero-order chi connectivity index (χ0) is 36.5. The van der Waals surface area contributed by atoms with Crippen LogP contribution in [0.25, 0.3) is 0 Å². The molecule has 0 aromatic carbocycles. The molecular formula is C43H63N3O5S2+2. The summed E-state index contributed by atoms with van der Waals surface area (Å²) in [4.78, 5) is 29.3. The number of carbonyl (C=O) groups is 2. The van der Waals surface area contributed by atoms with E-state index in [1.807, 2.05) is 28.5 Å². The molecule has 9 atom stereocenters. The molecule has 6 aliphatic carbocycles. The van der Waals surface area contributed by atoms with Crippen LogP contribution in [0, 0.1) is 45.8 Å². The molecule has 0 amide bonds. The summed E-state index contributed by atoms with van der Waals surface area (Å²) in [5.41, 5.74) is 4.02. The molecule has 53 heavy (non-hydrogen) atoms. The lowest BCUT2D eigenvalue weighted by Gasteiger charge is -2.60. The van der Waals surface area contributed by atoms with Crippen molar-refractivity contribution in [2.45, 2.75) is 141 Å². The molecule has 10 heteroatoms. The number of nitrogens with two attached hydrogens (primary N) is 2. The van der Waals surface area contributed by atoms with E-state index in [1.54, 1.807) is 0 Å². The van der Waals surface area contributed by atoms with Crippen LogP contribution in [-0.2, 0) is 19.1 Å². The quantitative estimate of drug-likeness (QED) is 0.200. The van der Waals surface area contributed by atoms with E-state index in [9.17, 15) is 14.7 Å². The van der Waals surface area contributed by atoms with Gasteiger partial charge < -0.3 is 25.2 Å². The van der Waals surface area contributed by atoms with Crippen molar-refractivity contribution in [3.05, 3.63) is 46.0 Å². The second kappa shape index (κ2) is 14.4. The molecule has 0 radical (unpaired) electrons. The molecule has 10 rings (SSSR count). The fourth-order valence-electron chi connectivity index (χ4n) is 13.4. The lowest BCUT2D eigenvalue weighted by Crippen LogP contribution is -2.95. The maximum atomic E-state index is 14.8. The Kier molecular flexibility index (Phi) is 10.1. The minimum atomic E-state index is -0.608. The van der Waals surface area contributed by atoms with Gasteiger partial charge in [-0.25, -0.2) is 9.59 Å². The highest BCUT2D eigenvalue weighted by Gasteiger charge is 2.70. The van der Waals surface area contributed by atoms with Gasteiger partial charge >= 0.3 is 11.9 Å². The van der Waals surface area contributed by atoms with Gasteiger partial charge in [-0.3, -0.25) is 5.32 Å². The van der Waals surface area contributed by atoms with Gasteiger partial charge in [0.15, 0.2) is 0 Å². The molecule has 0 aromatic heterocycles. The van der Waals surface area contributed by atoms with Crippen molar-refractivity contribution >= 4 is 33.5 Å². The number of aliphatic hydroxyl groups is 1. The molecule has 5 fully saturated rings. The first-order valence-electron chi connectivity index (χ1n) is 21.4. The summed E-state index contributed by atoms with van der Waals surface area (Å²) in [6.45, 7) is 8.21. The van der Waals surface area contributed by atoms with Gasteiger partial charge in [0.2, 0.25) is 0 Å². The lowest BCUT2D eigenvalue weighted by molar-refractivity contribution is -0.705. The van der Waals surface area contributed by atoms with Gasteiger partial charge in [0.1, 0.15) is 29.6 Å². The van der Waals surface area contributed by atoms with Crippen molar-refractivity contribution in [2.75, 3.05) is 19.0 Å². The van der Waals surface area contributed by atoms with Crippen molar-refractivity contribution in [3.8, 4) is 0 Å². The smallest absolute Gasteiger partial charge is 0.340 e. The predicted molar refractivity (Wildman–Crippen MR) is 208 cm³/mol. The lowest BCUT2D eigenvalue weighted by atomic mass is 9.41. The Morgan fingerprint density at radius 1 is 1.08 bits per heavy atom. The van der Waals surface area contributed by atoms with Gasteiger partial charge in [-0.1, -0.05) is 50.3 Å². The topological polar surface area (TPSA) is 118 Å². The number of hydrogen-bond acceptors (Lipinski definition) is 8. The molecular weight excluding hydrogens is 703 g/mol. The minimum Gasteiger partial charge on any atom is -0.427 e. The summed E-state index contributed by atoms with van der Waals surface area (Å²) in [5, 5.41) is 19.2. The van der Waals surface area contributed by atoms with Crippen LogP contribution in [-0.4, -0.2) is 53.7 Å². The van der Waals surface area contributed by atoms with Crippen LogP contribution in [0.1, 0.15) is 124 Å². The third kappa shape index (κ3) is 6.00. The van der Waals surface area contributed by atoms with Crippen molar-refractivity contribution in [1.29, 1.82) is 0 Å². The largest absolute Gasteiger partial charge is 0.427 e. The number of allylic oxidation sites excluding steroid dienone is 5. The van der Waals surface area contributed by atoms with Crippen LogP contribution in [0.15, 0.2) is 46.0 Å². The number of carbonyl (C=O) groups excluding carboxylic acids is 2. The van der Waals surface area contributed by atoms with E-state index >= 15 is 0 Å². The van der Waals surface area contributed by atoms with Gasteiger partial charge in [-0.05, 0) is 128 Å². The number of cyclic esters (lactones) is 1. The Morgan fingerprint density at radius 2 is 1.87 bits per heavy atom. The number of fused-ring (bicyclic) bond motifs is 4. The number of esters is 2. The van der Waals surface area contributed by atoms with E-state index in [4.69, 9.17) is 9.47 Å². The van der Waals surface area contributed by atoms with Crippen molar-refractivity contribution in [3.63, 3.8) is 0 Å². The van der Waals surface area contributed by atoms with Crippen molar-refractivity contribution < 1.29 is 34.8 Å². The highest BCUT2D eigenvalue weighted by atomic mass is 33.1. The first kappa shape index (κ1) is 37.0. The normalized spacial score (nSPS) is 40.3. The second-order valence-corrected chi connectivity index (χ2v) is 21.1. The Bertz CT molecular complexity index is 1620. The SMILES string of the molecule is CCC1(C=C2OC(=O)C3=C2CC[C@@H]2[C@@H]3[C@]34CC[C@H]2C2=C3C(=O)OC4=CC[C@@H](C)[C@H]([NH2+]C[C@H](C)O)SSCNC3CC(CC[NH2+]3)C23CCCC3)CCCC1. The zero-order valence-electron chi connectivity index (χ0n) is 32.3. The summed E-state index contributed by atoms with van der Waals surface area (Å²) in [5.74, 6) is 3.65. The third-order valence-electron chi connectivity index (χ3n) is 15.9. The molecule has 2 saturated heterocycles. The van der Waals surface area contributed by atoms with Gasteiger partial charge in [0.25, 0.3) is 0 Å². The number of quaternary nitrogens is 2. The molecule has 290 valence electrons. The molecule has 10 aliphatic rings. The summed E-state index contributed by atoms with van der Waals surface area (Å²) in [6.07, 6.45) is 22.3. The van der Waals surface area contributed by atoms with Gasteiger partial charge in [0.05, 0.1) is 29.5 Å². The van der Waals surface area contributed by atoms with Crippen molar-refractivity contribution in [1.82, 2.24) is 5.32 Å². The molecule has 7 bridgehead atoms. The average Bonchev–Trinajstić information content (AvgIpc) is 3.96. The Hall–Kier alpha value is -1.56. The number of ether oxygens (including phenoxy) is 2. The summed E-state index contributed by atoms with van der Waals surface area (Å²) >= 11 is 0. The molecule has 4 heterocycles. The number of nitrogens with one attached hydrogen (secondary N) is 1. The maximum absolute atomic E-state index is 14.8. The molecule has 2 spiro atoms. The monoisotopic (exact) mass is 765 g/mol. The number of aliphatic hydroxyl groups excluding tert-OH is 1. The first-order valence-corrected chi connectivity index (χ1v) is 23.8. The molecule has 0 aromatic rings. The molecule has 3 saturated carbocycles. The Morgan fingerprint density at radius 3 is 2.64 bits per heavy atom. The second-order valence-electron chi connectivity index (χ2n) is 18.5. The summed E-state index contributed by atoms with van der Waals surface area (Å²) < 4.78 is 13.0. The van der Waals surface area contributed by atoms with Crippen LogP contribution < -0.4 is 16.0 Å². The maximum Gasteiger partial charge on any atom is 0.340 e. The zero-order valence-corrected chi connectivity index (χ0v) is 33.9. The first-order chi connectivity index (χ1) is 25.7. The van der Waals surface area contributed by atoms with E-state index in [0.29, 0.717) is 30.5 Å². The van der Waals surface area contributed by atoms with E-state index in [0.717, 1.165) is 85.6 Å².